The molecule has 0 atom stereocenters. The van der Waals surface area contributed by atoms with Crippen LogP contribution in [0.5, 0.6) is 0 Å². The molecule has 0 aliphatic heterocycles. The molecule has 0 bridgehead atoms. The van der Waals surface area contributed by atoms with Crippen LogP contribution in [-0.4, -0.2) is 31.3 Å². The Balaban J connectivity index is 3.22. The molecule has 5 nitrogen and oxygen atoms in total. The molecule has 1 amide bonds. The topological polar surface area (TPSA) is 66.8 Å². The summed E-state index contributed by atoms with van der Waals surface area (Å²) in [5.41, 5.74) is 1.44. The van der Waals surface area contributed by atoms with Crippen LogP contribution in [-0.2, 0) is 10.1 Å². The smallest absolute Gasteiger partial charge is 0.413 e. The number of benzene rings is 1. The number of carbonyl (C=O) groups excluding carboxylic acids is 1. The maximum atomic E-state index is 11.4. The predicted molar refractivity (Wildman–Crippen MR) is 66.8 cm³/mol. The first-order valence-electron chi connectivity index (χ1n) is 4.75. The van der Waals surface area contributed by atoms with Gasteiger partial charge >= 0.3 is 12.1 Å². The Morgan fingerprint density at radius 1 is 1.47 bits per heavy atom. The van der Waals surface area contributed by atoms with Crippen LogP contribution in [0, 0.1) is 0 Å². The van der Waals surface area contributed by atoms with E-state index in [0.29, 0.717) is 11.0 Å². The second kappa shape index (κ2) is 5.67. The summed E-state index contributed by atoms with van der Waals surface area (Å²) in [6.45, 7) is 0. The maximum Gasteiger partial charge on any atom is 0.413 e. The number of alkyl halides is 1. The zero-order chi connectivity index (χ0) is 13.0. The lowest BCUT2D eigenvalue weighted by Gasteiger charge is -2.19. The molecule has 1 N–H and O–H groups in total. The van der Waals surface area contributed by atoms with Crippen molar-refractivity contribution in [1.29, 1.82) is 0 Å². The van der Waals surface area contributed by atoms with Gasteiger partial charge in [-0.3, -0.25) is 4.90 Å². The molecular weight excluding hydrogens is 290 g/mol. The van der Waals surface area contributed by atoms with Crippen molar-refractivity contribution in [3.63, 3.8) is 0 Å². The molecular formula is C11H12BrNO4. The molecule has 0 unspecified atom stereocenters. The summed E-state index contributed by atoms with van der Waals surface area (Å²) in [6.07, 6.45) is -0.547. The molecule has 17 heavy (non-hydrogen) atoms. The van der Waals surface area contributed by atoms with Crippen LogP contribution < -0.4 is 4.90 Å². The van der Waals surface area contributed by atoms with E-state index in [1.54, 1.807) is 6.07 Å². The fraction of sp³-hybridized carbons (Fsp3) is 0.273. The van der Waals surface area contributed by atoms with Gasteiger partial charge in [0.15, 0.2) is 0 Å². The number of halogens is 1. The van der Waals surface area contributed by atoms with Crippen LogP contribution in [0.25, 0.3) is 0 Å². The van der Waals surface area contributed by atoms with Crippen molar-refractivity contribution in [3.8, 4) is 0 Å². The first-order chi connectivity index (χ1) is 8.01. The van der Waals surface area contributed by atoms with Crippen molar-refractivity contribution in [2.75, 3.05) is 19.1 Å². The number of methoxy groups -OCH3 is 1. The minimum absolute atomic E-state index is 0.125. The molecule has 0 fully saturated rings. The summed E-state index contributed by atoms with van der Waals surface area (Å²) in [6, 6.07) is 4.59. The van der Waals surface area contributed by atoms with Crippen LogP contribution in [0.3, 0.4) is 0 Å². The van der Waals surface area contributed by atoms with Gasteiger partial charge in [-0.15, -0.1) is 0 Å². The zero-order valence-electron chi connectivity index (χ0n) is 9.44. The number of rotatable bonds is 3. The van der Waals surface area contributed by atoms with E-state index in [2.05, 4.69) is 20.7 Å². The Morgan fingerprint density at radius 3 is 2.59 bits per heavy atom. The van der Waals surface area contributed by atoms with Gasteiger partial charge in [0.2, 0.25) is 0 Å². The second-order valence-corrected chi connectivity index (χ2v) is 3.87. The monoisotopic (exact) mass is 301 g/mol. The fourth-order valence-electron chi connectivity index (χ4n) is 1.36. The van der Waals surface area contributed by atoms with Crippen molar-refractivity contribution in [2.24, 2.45) is 0 Å². The lowest BCUT2D eigenvalue weighted by molar-refractivity contribution is 0.0697. The molecule has 0 spiro atoms. The first-order valence-corrected chi connectivity index (χ1v) is 5.87. The van der Waals surface area contributed by atoms with Gasteiger partial charge in [-0.05, 0) is 17.7 Å². The average Bonchev–Trinajstić information content (AvgIpc) is 2.35. The van der Waals surface area contributed by atoms with Gasteiger partial charge in [-0.1, -0.05) is 22.0 Å². The van der Waals surface area contributed by atoms with Crippen LogP contribution in [0.2, 0.25) is 0 Å². The van der Waals surface area contributed by atoms with Crippen molar-refractivity contribution in [3.05, 3.63) is 29.3 Å². The van der Waals surface area contributed by atoms with E-state index in [4.69, 9.17) is 5.11 Å². The molecule has 92 valence electrons. The van der Waals surface area contributed by atoms with Crippen LogP contribution in [0.1, 0.15) is 15.9 Å². The predicted octanol–water partition coefficient (Wildman–Crippen LogP) is 2.48. The van der Waals surface area contributed by atoms with Gasteiger partial charge in [0.25, 0.3) is 0 Å². The number of anilines is 1. The standard InChI is InChI=1S/C11H12BrNO4/c1-13(11(16)17-2)9-5-7(10(14)15)3-4-8(9)6-12/h3-5H,6H2,1-2H3,(H,14,15). The van der Waals surface area contributed by atoms with E-state index in [0.717, 1.165) is 5.56 Å². The fourth-order valence-corrected chi connectivity index (χ4v) is 1.83. The highest BCUT2D eigenvalue weighted by Crippen LogP contribution is 2.24. The molecule has 1 aromatic rings. The third-order valence-corrected chi connectivity index (χ3v) is 2.89. The number of carboxylic acids is 1. The van der Waals surface area contributed by atoms with Crippen LogP contribution in [0.4, 0.5) is 10.5 Å². The molecule has 0 radical (unpaired) electrons. The zero-order valence-corrected chi connectivity index (χ0v) is 11.0. The third kappa shape index (κ3) is 2.97. The Labute approximate surface area is 107 Å². The average molecular weight is 302 g/mol. The van der Waals surface area contributed by atoms with Crippen LogP contribution in [0.15, 0.2) is 18.2 Å². The number of amides is 1. The summed E-state index contributed by atoms with van der Waals surface area (Å²) < 4.78 is 4.59. The largest absolute Gasteiger partial charge is 0.478 e. The number of aromatic carboxylic acids is 1. The van der Waals surface area contributed by atoms with Gasteiger partial charge in [0.1, 0.15) is 0 Å². The molecule has 0 aliphatic carbocycles. The third-order valence-electron chi connectivity index (χ3n) is 2.29. The molecule has 1 aromatic carbocycles. The normalized spacial score (nSPS) is 9.82. The van der Waals surface area contributed by atoms with E-state index >= 15 is 0 Å². The summed E-state index contributed by atoms with van der Waals surface area (Å²) in [5.74, 6) is -1.04. The SMILES string of the molecule is COC(=O)N(C)c1cc(C(=O)O)ccc1CBr. The van der Waals surface area contributed by atoms with Gasteiger partial charge in [-0.2, -0.15) is 0 Å². The quantitative estimate of drug-likeness (QED) is 0.871. The summed E-state index contributed by atoms with van der Waals surface area (Å²) in [4.78, 5) is 23.5. The van der Waals surface area contributed by atoms with E-state index in [-0.39, 0.29) is 5.56 Å². The first kappa shape index (κ1) is 13.5. The summed E-state index contributed by atoms with van der Waals surface area (Å²) in [5, 5.41) is 9.42. The number of nitrogens with zero attached hydrogens (tertiary/aromatic N) is 1. The highest BCUT2D eigenvalue weighted by molar-refractivity contribution is 9.08. The van der Waals surface area contributed by atoms with E-state index in [9.17, 15) is 9.59 Å². The second-order valence-electron chi connectivity index (χ2n) is 3.31. The molecule has 0 aliphatic rings. The molecule has 0 heterocycles. The Hall–Kier alpha value is -1.56. The summed E-state index contributed by atoms with van der Waals surface area (Å²) >= 11 is 3.28. The Kier molecular flexibility index (Phi) is 4.51. The number of carbonyl (C=O) groups is 2. The molecule has 0 saturated heterocycles. The minimum atomic E-state index is -1.04. The number of hydrogen-bond donors (Lipinski definition) is 1. The lowest BCUT2D eigenvalue weighted by atomic mass is 10.1. The Bertz CT molecular complexity index is 447. The van der Waals surface area contributed by atoms with Gasteiger partial charge in [0, 0.05) is 12.4 Å². The summed E-state index contributed by atoms with van der Waals surface area (Å²) in [7, 11) is 2.80. The van der Waals surface area contributed by atoms with Gasteiger partial charge in [-0.25, -0.2) is 9.59 Å². The molecule has 6 heteroatoms. The number of ether oxygens (including phenoxy) is 1. The van der Waals surface area contributed by atoms with E-state index in [1.165, 1.54) is 31.2 Å². The van der Waals surface area contributed by atoms with Crippen LogP contribution >= 0.6 is 15.9 Å². The molecule has 0 aromatic heterocycles. The highest BCUT2D eigenvalue weighted by atomic mass is 79.9. The minimum Gasteiger partial charge on any atom is -0.478 e. The number of carboxylic acid groups (broad SMARTS) is 1. The van der Waals surface area contributed by atoms with Crippen molar-refractivity contribution >= 4 is 33.7 Å². The molecule has 1 rings (SSSR count). The maximum absolute atomic E-state index is 11.4. The molecule has 0 saturated carbocycles. The van der Waals surface area contributed by atoms with E-state index < -0.39 is 12.1 Å². The van der Waals surface area contributed by atoms with Gasteiger partial charge in [0.05, 0.1) is 18.4 Å². The lowest BCUT2D eigenvalue weighted by Crippen LogP contribution is -2.27. The van der Waals surface area contributed by atoms with Crippen molar-refractivity contribution < 1.29 is 19.4 Å². The van der Waals surface area contributed by atoms with Crippen molar-refractivity contribution in [2.45, 2.75) is 5.33 Å². The highest BCUT2D eigenvalue weighted by Gasteiger charge is 2.16. The van der Waals surface area contributed by atoms with Crippen molar-refractivity contribution in [1.82, 2.24) is 0 Å². The van der Waals surface area contributed by atoms with E-state index in [1.807, 2.05) is 0 Å². The number of hydrogen-bond acceptors (Lipinski definition) is 3. The van der Waals surface area contributed by atoms with Gasteiger partial charge < -0.3 is 9.84 Å². The Morgan fingerprint density at radius 2 is 2.12 bits per heavy atom.